The minimum Gasteiger partial charge on any atom is -0.497 e. The number of rotatable bonds is 6. The molecule has 3 rings (SSSR count). The van der Waals surface area contributed by atoms with Crippen molar-refractivity contribution in [2.45, 2.75) is 32.1 Å². The Morgan fingerprint density at radius 2 is 1.83 bits per heavy atom. The van der Waals surface area contributed by atoms with E-state index < -0.39 is 16.2 Å². The molecule has 1 N–H and O–H groups in total. The van der Waals surface area contributed by atoms with Gasteiger partial charge in [-0.25, -0.2) is 0 Å². The number of methoxy groups -OCH3 is 1. The molecule has 0 radical (unpaired) electrons. The fourth-order valence-electron chi connectivity index (χ4n) is 3.91. The number of fused-ring (bicyclic) bond motifs is 1. The van der Waals surface area contributed by atoms with Crippen LogP contribution in [0.5, 0.6) is 5.75 Å². The predicted molar refractivity (Wildman–Crippen MR) is 110 cm³/mol. The highest BCUT2D eigenvalue weighted by Gasteiger charge is 2.48. The van der Waals surface area contributed by atoms with Crippen molar-refractivity contribution in [3.63, 3.8) is 0 Å². The van der Waals surface area contributed by atoms with Crippen molar-refractivity contribution in [1.29, 1.82) is 0 Å². The molecule has 2 aromatic rings. The summed E-state index contributed by atoms with van der Waals surface area (Å²) in [6, 6.07) is 9.37. The van der Waals surface area contributed by atoms with Crippen molar-refractivity contribution < 1.29 is 19.2 Å². The molecule has 0 saturated carbocycles. The maximum absolute atomic E-state index is 12.9. The van der Waals surface area contributed by atoms with Crippen molar-refractivity contribution in [1.82, 2.24) is 0 Å². The van der Waals surface area contributed by atoms with Crippen molar-refractivity contribution in [2.24, 2.45) is 0 Å². The largest absolute Gasteiger partial charge is 0.497 e. The highest BCUT2D eigenvalue weighted by molar-refractivity contribution is 6.10. The molecule has 1 aliphatic rings. The number of hydrogen-bond acceptors (Lipinski definition) is 5. The third-order valence-corrected chi connectivity index (χ3v) is 5.71. The lowest BCUT2D eigenvalue weighted by atomic mass is 9.76. The van der Waals surface area contributed by atoms with E-state index in [0.29, 0.717) is 35.4 Å². The van der Waals surface area contributed by atoms with Crippen LogP contribution in [0.25, 0.3) is 0 Å². The fourth-order valence-corrected chi connectivity index (χ4v) is 3.91. The van der Waals surface area contributed by atoms with E-state index in [-0.39, 0.29) is 17.3 Å². The summed E-state index contributed by atoms with van der Waals surface area (Å²) >= 11 is 0. The number of nitrogens with one attached hydrogen (secondary N) is 1. The number of likely N-dealkylation sites (N-methyl/N-ethyl adjacent to an activating group) is 1. The molecule has 0 atom stereocenters. The van der Waals surface area contributed by atoms with Crippen LogP contribution in [-0.2, 0) is 10.2 Å². The molecule has 0 unspecified atom stereocenters. The van der Waals surface area contributed by atoms with Gasteiger partial charge in [0.05, 0.1) is 23.1 Å². The smallest absolute Gasteiger partial charge is 0.294 e. The van der Waals surface area contributed by atoms with Gasteiger partial charge in [0.25, 0.3) is 11.6 Å². The second-order valence-corrected chi connectivity index (χ2v) is 6.98. The van der Waals surface area contributed by atoms with Crippen LogP contribution in [0, 0.1) is 10.1 Å². The van der Waals surface area contributed by atoms with Crippen molar-refractivity contribution in [2.75, 3.05) is 24.4 Å². The lowest BCUT2D eigenvalue weighted by Crippen LogP contribution is -2.37. The molecule has 29 heavy (non-hydrogen) atoms. The second-order valence-electron chi connectivity index (χ2n) is 6.98. The zero-order valence-corrected chi connectivity index (χ0v) is 16.8. The van der Waals surface area contributed by atoms with Crippen LogP contribution in [0.1, 0.15) is 42.6 Å². The van der Waals surface area contributed by atoms with E-state index in [1.165, 1.54) is 18.1 Å². The number of ether oxygens (including phenoxy) is 1. The van der Waals surface area contributed by atoms with Crippen LogP contribution in [0.3, 0.4) is 0 Å². The Labute approximate surface area is 168 Å². The summed E-state index contributed by atoms with van der Waals surface area (Å²) in [7, 11) is 3.14. The molecular formula is C21H23N3O5. The topological polar surface area (TPSA) is 102 Å². The zero-order chi connectivity index (χ0) is 21.3. The van der Waals surface area contributed by atoms with E-state index in [2.05, 4.69) is 5.32 Å². The van der Waals surface area contributed by atoms with Crippen molar-refractivity contribution >= 4 is 28.9 Å². The minimum absolute atomic E-state index is 0.0731. The van der Waals surface area contributed by atoms with E-state index in [9.17, 15) is 19.7 Å². The van der Waals surface area contributed by atoms with Gasteiger partial charge in [-0.05, 0) is 48.7 Å². The first-order valence-electron chi connectivity index (χ1n) is 9.35. The van der Waals surface area contributed by atoms with Crippen LogP contribution < -0.4 is 15.0 Å². The summed E-state index contributed by atoms with van der Waals surface area (Å²) in [6.07, 6.45) is 1.12. The quantitative estimate of drug-likeness (QED) is 0.588. The SMILES string of the molecule is CCC1(CC)C(=O)N(C)c2cc([N+](=O)[O-])c(NC(=O)c3ccc(OC)cc3)cc21. The van der Waals surface area contributed by atoms with Crippen LogP contribution in [0.2, 0.25) is 0 Å². The molecule has 0 spiro atoms. The Balaban J connectivity index is 2.07. The van der Waals surface area contributed by atoms with E-state index in [0.717, 1.165) is 0 Å². The number of amides is 2. The van der Waals surface area contributed by atoms with Gasteiger partial charge in [-0.1, -0.05) is 13.8 Å². The maximum Gasteiger partial charge on any atom is 0.294 e. The van der Waals surface area contributed by atoms with E-state index in [1.807, 2.05) is 13.8 Å². The van der Waals surface area contributed by atoms with Gasteiger partial charge >= 0.3 is 0 Å². The average Bonchev–Trinajstić information content (AvgIpc) is 2.94. The Morgan fingerprint density at radius 1 is 1.21 bits per heavy atom. The molecule has 2 amide bonds. The van der Waals surface area contributed by atoms with E-state index >= 15 is 0 Å². The highest BCUT2D eigenvalue weighted by Crippen LogP contribution is 2.48. The lowest BCUT2D eigenvalue weighted by Gasteiger charge is -2.25. The normalized spacial score (nSPS) is 14.5. The zero-order valence-electron chi connectivity index (χ0n) is 16.8. The van der Waals surface area contributed by atoms with Crippen LogP contribution in [-0.4, -0.2) is 30.9 Å². The van der Waals surface area contributed by atoms with Crippen LogP contribution >= 0.6 is 0 Å². The first-order valence-corrected chi connectivity index (χ1v) is 9.35. The number of carbonyl (C=O) groups is 2. The summed E-state index contributed by atoms with van der Waals surface area (Å²) in [4.78, 5) is 38.1. The molecule has 0 saturated heterocycles. The molecule has 0 aliphatic carbocycles. The van der Waals surface area contributed by atoms with Crippen LogP contribution in [0.15, 0.2) is 36.4 Å². The number of nitro groups is 1. The summed E-state index contributed by atoms with van der Waals surface area (Å²) in [5.74, 6) is 0.0275. The molecule has 8 heteroatoms. The second kappa shape index (κ2) is 7.54. The van der Waals surface area contributed by atoms with Crippen molar-refractivity contribution in [3.05, 3.63) is 57.6 Å². The molecule has 1 aliphatic heterocycles. The van der Waals surface area contributed by atoms with Crippen molar-refractivity contribution in [3.8, 4) is 5.75 Å². The van der Waals surface area contributed by atoms with Gasteiger partial charge < -0.3 is 15.0 Å². The highest BCUT2D eigenvalue weighted by atomic mass is 16.6. The fraction of sp³-hybridized carbons (Fsp3) is 0.333. The molecule has 0 aromatic heterocycles. The lowest BCUT2D eigenvalue weighted by molar-refractivity contribution is -0.383. The maximum atomic E-state index is 12.9. The van der Waals surface area contributed by atoms with E-state index in [4.69, 9.17) is 4.74 Å². The number of benzene rings is 2. The number of nitro benzene ring substituents is 1. The first kappa shape index (κ1) is 20.3. The summed E-state index contributed by atoms with van der Waals surface area (Å²) in [5.41, 5.74) is 0.612. The Hall–Kier alpha value is -3.42. The Kier molecular flexibility index (Phi) is 5.28. The summed E-state index contributed by atoms with van der Waals surface area (Å²) in [6.45, 7) is 3.84. The van der Waals surface area contributed by atoms with Gasteiger partial charge in [-0.3, -0.25) is 19.7 Å². The Morgan fingerprint density at radius 3 is 2.34 bits per heavy atom. The number of nitrogens with zero attached hydrogens (tertiary/aromatic N) is 2. The average molecular weight is 397 g/mol. The van der Waals surface area contributed by atoms with Gasteiger partial charge in [0.15, 0.2) is 0 Å². The number of carbonyl (C=O) groups excluding carboxylic acids is 2. The number of hydrogen-bond donors (Lipinski definition) is 1. The summed E-state index contributed by atoms with van der Waals surface area (Å²) < 4.78 is 5.08. The van der Waals surface area contributed by atoms with Gasteiger partial charge in [0.2, 0.25) is 5.91 Å². The van der Waals surface area contributed by atoms with Gasteiger partial charge in [0.1, 0.15) is 11.4 Å². The first-order chi connectivity index (χ1) is 13.8. The van der Waals surface area contributed by atoms with Gasteiger partial charge in [0, 0.05) is 18.7 Å². The molecule has 8 nitrogen and oxygen atoms in total. The van der Waals surface area contributed by atoms with Gasteiger partial charge in [-0.15, -0.1) is 0 Å². The monoisotopic (exact) mass is 397 g/mol. The number of anilines is 2. The third-order valence-electron chi connectivity index (χ3n) is 5.71. The van der Waals surface area contributed by atoms with E-state index in [1.54, 1.807) is 37.4 Å². The predicted octanol–water partition coefficient (Wildman–Crippen LogP) is 3.89. The molecule has 1 heterocycles. The molecule has 152 valence electrons. The molecule has 0 fully saturated rings. The Bertz CT molecular complexity index is 981. The minimum atomic E-state index is -0.751. The standard InChI is InChI=1S/C21H23N3O5/c1-5-21(6-2)15-11-16(18(24(27)28)12-17(15)23(3)20(21)26)22-19(25)13-7-9-14(29-4)10-8-13/h7-12H,5-6H2,1-4H3,(H,22,25). The third kappa shape index (κ3) is 3.20. The van der Waals surface area contributed by atoms with Crippen LogP contribution in [0.4, 0.5) is 17.1 Å². The van der Waals surface area contributed by atoms with Gasteiger partial charge in [-0.2, -0.15) is 0 Å². The molecular weight excluding hydrogens is 374 g/mol. The molecule has 0 bridgehead atoms. The molecule has 2 aromatic carbocycles. The summed E-state index contributed by atoms with van der Waals surface area (Å²) in [5, 5.41) is 14.3.